The minimum absolute atomic E-state index is 0.00943. The van der Waals surface area contributed by atoms with Crippen molar-refractivity contribution in [3.05, 3.63) is 60.1 Å². The van der Waals surface area contributed by atoms with E-state index in [1.165, 1.54) is 12.5 Å². The molecular weight excluding hydrogens is 316 g/mol. The van der Waals surface area contributed by atoms with Crippen LogP contribution in [0.1, 0.15) is 41.1 Å². The maximum Gasteiger partial charge on any atom is 0.257 e. The molecule has 0 saturated carbocycles. The highest BCUT2D eigenvalue weighted by molar-refractivity contribution is 5.94. The SMILES string of the molecule is CN1C(=O)[C@H](c2ccccc2)CC12CCN(C(=O)c1ccoc1)CC2. The van der Waals surface area contributed by atoms with Crippen molar-refractivity contribution < 1.29 is 14.0 Å². The number of nitrogens with zero attached hydrogens (tertiary/aromatic N) is 2. The number of carbonyl (C=O) groups is 2. The van der Waals surface area contributed by atoms with Crippen molar-refractivity contribution in [1.29, 1.82) is 0 Å². The molecule has 25 heavy (non-hydrogen) atoms. The van der Waals surface area contributed by atoms with E-state index in [-0.39, 0.29) is 23.3 Å². The van der Waals surface area contributed by atoms with Crippen molar-refractivity contribution in [2.45, 2.75) is 30.7 Å². The standard InChI is InChI=1S/C20H22N2O3/c1-21-19(24)17(15-5-3-2-4-6-15)13-20(21)8-10-22(11-9-20)18(23)16-7-12-25-14-16/h2-7,12,14,17H,8-11,13H2,1H3/t17-/m0/s1. The van der Waals surface area contributed by atoms with Crippen molar-refractivity contribution in [2.75, 3.05) is 20.1 Å². The van der Waals surface area contributed by atoms with Gasteiger partial charge in [0.2, 0.25) is 5.91 Å². The van der Waals surface area contributed by atoms with E-state index in [2.05, 4.69) is 0 Å². The maximum absolute atomic E-state index is 12.8. The molecule has 2 aromatic rings. The molecule has 3 heterocycles. The van der Waals surface area contributed by atoms with Crippen LogP contribution in [0.15, 0.2) is 53.3 Å². The fourth-order valence-electron chi connectivity index (χ4n) is 4.25. The van der Waals surface area contributed by atoms with E-state index in [9.17, 15) is 9.59 Å². The summed E-state index contributed by atoms with van der Waals surface area (Å²) in [7, 11) is 1.92. The quantitative estimate of drug-likeness (QED) is 0.846. The number of carbonyl (C=O) groups excluding carboxylic acids is 2. The van der Waals surface area contributed by atoms with Crippen molar-refractivity contribution in [3.8, 4) is 0 Å². The first kappa shape index (κ1) is 15.9. The minimum Gasteiger partial charge on any atom is -0.472 e. The summed E-state index contributed by atoms with van der Waals surface area (Å²) < 4.78 is 5.01. The Hall–Kier alpha value is -2.56. The summed E-state index contributed by atoms with van der Waals surface area (Å²) in [6.07, 6.45) is 5.49. The molecule has 1 spiro atoms. The van der Waals surface area contributed by atoms with Gasteiger partial charge in [0.25, 0.3) is 5.91 Å². The van der Waals surface area contributed by atoms with Gasteiger partial charge in [0.05, 0.1) is 17.7 Å². The van der Waals surface area contributed by atoms with E-state index in [0.717, 1.165) is 24.8 Å². The Bertz CT molecular complexity index is 762. The smallest absolute Gasteiger partial charge is 0.257 e. The van der Waals surface area contributed by atoms with Gasteiger partial charge in [0.15, 0.2) is 0 Å². The van der Waals surface area contributed by atoms with Crippen LogP contribution in [0.4, 0.5) is 0 Å². The first-order chi connectivity index (χ1) is 12.1. The Kier molecular flexibility index (Phi) is 3.86. The van der Waals surface area contributed by atoms with E-state index < -0.39 is 0 Å². The predicted molar refractivity (Wildman–Crippen MR) is 93.1 cm³/mol. The molecule has 2 saturated heterocycles. The zero-order chi connectivity index (χ0) is 17.4. The molecule has 0 N–H and O–H groups in total. The van der Waals surface area contributed by atoms with Gasteiger partial charge in [-0.25, -0.2) is 0 Å². The van der Waals surface area contributed by atoms with Crippen LogP contribution < -0.4 is 0 Å². The fraction of sp³-hybridized carbons (Fsp3) is 0.400. The van der Waals surface area contributed by atoms with Gasteiger partial charge in [0, 0.05) is 25.7 Å². The molecule has 0 bridgehead atoms. The summed E-state index contributed by atoms with van der Waals surface area (Å²) in [6, 6.07) is 11.7. The Morgan fingerprint density at radius 1 is 1.16 bits per heavy atom. The van der Waals surface area contributed by atoms with Gasteiger partial charge in [-0.3, -0.25) is 9.59 Å². The van der Waals surface area contributed by atoms with E-state index in [0.29, 0.717) is 18.7 Å². The molecule has 2 fully saturated rings. The van der Waals surface area contributed by atoms with Crippen LogP contribution in [0, 0.1) is 0 Å². The Morgan fingerprint density at radius 3 is 2.52 bits per heavy atom. The van der Waals surface area contributed by atoms with Crippen LogP contribution >= 0.6 is 0 Å². The van der Waals surface area contributed by atoms with E-state index >= 15 is 0 Å². The van der Waals surface area contributed by atoms with Crippen molar-refractivity contribution >= 4 is 11.8 Å². The number of amides is 2. The Labute approximate surface area is 147 Å². The van der Waals surface area contributed by atoms with Gasteiger partial charge < -0.3 is 14.2 Å². The lowest BCUT2D eigenvalue weighted by Gasteiger charge is -2.43. The summed E-state index contributed by atoms with van der Waals surface area (Å²) in [5.74, 6) is 0.137. The van der Waals surface area contributed by atoms with E-state index in [1.807, 2.05) is 47.2 Å². The largest absolute Gasteiger partial charge is 0.472 e. The van der Waals surface area contributed by atoms with Gasteiger partial charge in [-0.2, -0.15) is 0 Å². The zero-order valence-corrected chi connectivity index (χ0v) is 14.4. The number of likely N-dealkylation sites (N-methyl/N-ethyl adjacent to an activating group) is 1. The maximum atomic E-state index is 12.8. The van der Waals surface area contributed by atoms with Crippen LogP contribution in [0.5, 0.6) is 0 Å². The molecule has 5 nitrogen and oxygen atoms in total. The van der Waals surface area contributed by atoms with Crippen molar-refractivity contribution in [1.82, 2.24) is 9.80 Å². The fourth-order valence-corrected chi connectivity index (χ4v) is 4.25. The molecule has 0 radical (unpaired) electrons. The number of benzene rings is 1. The average Bonchev–Trinajstić information content (AvgIpc) is 3.27. The van der Waals surface area contributed by atoms with Gasteiger partial charge in [-0.05, 0) is 30.9 Å². The number of rotatable bonds is 2. The summed E-state index contributed by atoms with van der Waals surface area (Å²) in [4.78, 5) is 29.1. The second-order valence-electron chi connectivity index (χ2n) is 7.09. The first-order valence-corrected chi connectivity index (χ1v) is 8.75. The summed E-state index contributed by atoms with van der Waals surface area (Å²) in [5, 5.41) is 0. The lowest BCUT2D eigenvalue weighted by Crippen LogP contribution is -2.52. The molecule has 1 aromatic heterocycles. The first-order valence-electron chi connectivity index (χ1n) is 8.75. The molecule has 2 aliphatic heterocycles. The Morgan fingerprint density at radius 2 is 1.88 bits per heavy atom. The third-order valence-corrected chi connectivity index (χ3v) is 5.88. The third-order valence-electron chi connectivity index (χ3n) is 5.88. The molecule has 2 aliphatic rings. The van der Waals surface area contributed by atoms with E-state index in [4.69, 9.17) is 4.42 Å². The molecule has 0 unspecified atom stereocenters. The molecule has 0 aliphatic carbocycles. The highest BCUT2D eigenvalue weighted by atomic mass is 16.3. The average molecular weight is 338 g/mol. The monoisotopic (exact) mass is 338 g/mol. The lowest BCUT2D eigenvalue weighted by atomic mass is 9.81. The van der Waals surface area contributed by atoms with Crippen LogP contribution in [-0.4, -0.2) is 47.3 Å². The zero-order valence-electron chi connectivity index (χ0n) is 14.4. The van der Waals surface area contributed by atoms with Crippen LogP contribution in [0.3, 0.4) is 0 Å². The summed E-state index contributed by atoms with van der Waals surface area (Å²) in [5.41, 5.74) is 1.55. The number of piperidine rings is 1. The summed E-state index contributed by atoms with van der Waals surface area (Å²) >= 11 is 0. The van der Waals surface area contributed by atoms with Gasteiger partial charge in [-0.1, -0.05) is 30.3 Å². The topological polar surface area (TPSA) is 53.8 Å². The molecule has 1 atom stereocenters. The number of hydrogen-bond donors (Lipinski definition) is 0. The summed E-state index contributed by atoms with van der Waals surface area (Å²) in [6.45, 7) is 1.34. The van der Waals surface area contributed by atoms with Gasteiger partial charge >= 0.3 is 0 Å². The minimum atomic E-state index is -0.134. The van der Waals surface area contributed by atoms with Gasteiger partial charge in [-0.15, -0.1) is 0 Å². The second kappa shape index (κ2) is 6.06. The number of furan rings is 1. The normalized spacial score (nSPS) is 22.6. The van der Waals surface area contributed by atoms with Gasteiger partial charge in [0.1, 0.15) is 6.26 Å². The highest BCUT2D eigenvalue weighted by Gasteiger charge is 2.50. The van der Waals surface area contributed by atoms with Crippen molar-refractivity contribution in [3.63, 3.8) is 0 Å². The van der Waals surface area contributed by atoms with Crippen molar-refractivity contribution in [2.24, 2.45) is 0 Å². The predicted octanol–water partition coefficient (Wildman–Crippen LogP) is 2.90. The second-order valence-corrected chi connectivity index (χ2v) is 7.09. The van der Waals surface area contributed by atoms with Crippen LogP contribution in [0.2, 0.25) is 0 Å². The number of hydrogen-bond acceptors (Lipinski definition) is 3. The molecule has 4 rings (SSSR count). The van der Waals surface area contributed by atoms with Crippen LogP contribution in [-0.2, 0) is 4.79 Å². The molecular formula is C20H22N2O3. The molecule has 1 aromatic carbocycles. The van der Waals surface area contributed by atoms with Crippen LogP contribution in [0.25, 0.3) is 0 Å². The Balaban J connectivity index is 1.49. The lowest BCUT2D eigenvalue weighted by molar-refractivity contribution is -0.131. The third kappa shape index (κ3) is 2.64. The number of likely N-dealkylation sites (tertiary alicyclic amines) is 2. The molecule has 2 amide bonds. The molecule has 5 heteroatoms. The van der Waals surface area contributed by atoms with E-state index in [1.54, 1.807) is 6.07 Å². The highest BCUT2D eigenvalue weighted by Crippen LogP contribution is 2.44. The molecule has 130 valence electrons.